The van der Waals surface area contributed by atoms with Gasteiger partial charge in [-0.15, -0.1) is 0 Å². The Labute approximate surface area is 118 Å². The zero-order chi connectivity index (χ0) is 13.8. The van der Waals surface area contributed by atoms with E-state index < -0.39 is 0 Å². The molecule has 0 amide bonds. The van der Waals surface area contributed by atoms with Gasteiger partial charge in [0.1, 0.15) is 5.75 Å². The van der Waals surface area contributed by atoms with Crippen LogP contribution in [0.3, 0.4) is 0 Å². The van der Waals surface area contributed by atoms with Crippen molar-refractivity contribution < 1.29 is 14.6 Å². The summed E-state index contributed by atoms with van der Waals surface area (Å²) in [6.07, 6.45) is 3.04. The fraction of sp³-hybridized carbons (Fsp3) is 0.571. The highest BCUT2D eigenvalue weighted by atomic mass is 35.5. The Hall–Kier alpha value is -1.13. The van der Waals surface area contributed by atoms with Crippen LogP contribution in [0.15, 0.2) is 6.07 Å². The first-order valence-electron chi connectivity index (χ1n) is 6.50. The molecule has 1 heterocycles. The van der Waals surface area contributed by atoms with E-state index in [1.54, 1.807) is 20.3 Å². The van der Waals surface area contributed by atoms with Crippen LogP contribution in [0.1, 0.15) is 18.4 Å². The van der Waals surface area contributed by atoms with Gasteiger partial charge in [0.05, 0.1) is 19.2 Å². The number of phenols is 1. The molecule has 19 heavy (non-hydrogen) atoms. The molecule has 1 aliphatic heterocycles. The molecular weight excluding hydrogens is 266 g/mol. The predicted molar refractivity (Wildman–Crippen MR) is 75.5 cm³/mol. The van der Waals surface area contributed by atoms with Crippen molar-refractivity contribution in [3.63, 3.8) is 0 Å². The number of hydrogen-bond acceptors (Lipinski definition) is 4. The van der Waals surface area contributed by atoms with Gasteiger partial charge >= 0.3 is 0 Å². The van der Waals surface area contributed by atoms with Gasteiger partial charge in [0, 0.05) is 11.6 Å². The third kappa shape index (κ3) is 3.07. The number of aromatic hydroxyl groups is 1. The number of phenolic OH excluding ortho intramolecular Hbond substituents is 1. The van der Waals surface area contributed by atoms with Crippen LogP contribution in [-0.2, 0) is 6.42 Å². The van der Waals surface area contributed by atoms with Crippen molar-refractivity contribution in [3.05, 3.63) is 16.7 Å². The van der Waals surface area contributed by atoms with Gasteiger partial charge in [0.15, 0.2) is 11.5 Å². The monoisotopic (exact) mass is 285 g/mol. The second-order valence-electron chi connectivity index (χ2n) is 4.84. The maximum Gasteiger partial charge on any atom is 0.167 e. The zero-order valence-corrected chi connectivity index (χ0v) is 12.1. The number of piperidine rings is 1. The maximum absolute atomic E-state index is 10.2. The molecular formula is C14H20ClNO3. The van der Waals surface area contributed by atoms with Gasteiger partial charge in [-0.3, -0.25) is 0 Å². The average molecular weight is 286 g/mol. The molecule has 0 spiro atoms. The quantitative estimate of drug-likeness (QED) is 0.893. The van der Waals surface area contributed by atoms with Crippen LogP contribution in [0.2, 0.25) is 5.02 Å². The Kier molecular flexibility index (Phi) is 4.77. The Morgan fingerprint density at radius 2 is 2.21 bits per heavy atom. The summed E-state index contributed by atoms with van der Waals surface area (Å²) < 4.78 is 10.6. The van der Waals surface area contributed by atoms with Gasteiger partial charge in [-0.05, 0) is 38.3 Å². The number of hydrogen-bond donors (Lipinski definition) is 2. The summed E-state index contributed by atoms with van der Waals surface area (Å²) in [4.78, 5) is 0. The lowest BCUT2D eigenvalue weighted by Crippen LogP contribution is -2.30. The lowest BCUT2D eigenvalue weighted by atomic mass is 9.91. The molecule has 0 saturated carbocycles. The highest BCUT2D eigenvalue weighted by molar-refractivity contribution is 6.32. The maximum atomic E-state index is 10.2. The molecule has 0 aromatic heterocycles. The van der Waals surface area contributed by atoms with Crippen LogP contribution < -0.4 is 14.8 Å². The number of halogens is 1. The van der Waals surface area contributed by atoms with Crippen molar-refractivity contribution >= 4 is 11.6 Å². The average Bonchev–Trinajstić information content (AvgIpc) is 2.44. The minimum atomic E-state index is 0.102. The van der Waals surface area contributed by atoms with Crippen molar-refractivity contribution in [2.45, 2.75) is 19.3 Å². The van der Waals surface area contributed by atoms with E-state index in [0.29, 0.717) is 22.4 Å². The molecule has 1 saturated heterocycles. The first-order valence-corrected chi connectivity index (χ1v) is 6.88. The van der Waals surface area contributed by atoms with Crippen LogP contribution in [-0.4, -0.2) is 32.4 Å². The minimum absolute atomic E-state index is 0.102. The summed E-state index contributed by atoms with van der Waals surface area (Å²) in [6, 6.07) is 1.58. The van der Waals surface area contributed by atoms with Crippen LogP contribution in [0.25, 0.3) is 0 Å². The molecule has 4 nitrogen and oxygen atoms in total. The summed E-state index contributed by atoms with van der Waals surface area (Å²) >= 11 is 6.04. The molecule has 1 atom stereocenters. The van der Waals surface area contributed by atoms with Crippen molar-refractivity contribution in [1.82, 2.24) is 5.32 Å². The van der Waals surface area contributed by atoms with Crippen molar-refractivity contribution in [2.75, 3.05) is 27.3 Å². The first-order chi connectivity index (χ1) is 9.17. The molecule has 2 rings (SSSR count). The largest absolute Gasteiger partial charge is 0.506 e. The van der Waals surface area contributed by atoms with Gasteiger partial charge in [-0.2, -0.15) is 0 Å². The van der Waals surface area contributed by atoms with Gasteiger partial charge in [-0.25, -0.2) is 0 Å². The Balaban J connectivity index is 2.33. The molecule has 2 N–H and O–H groups in total. The predicted octanol–water partition coefficient (Wildman–Crippen LogP) is 2.60. The number of methoxy groups -OCH3 is 2. The molecule has 1 aliphatic rings. The summed E-state index contributed by atoms with van der Waals surface area (Å²) in [7, 11) is 3.14. The molecule has 106 valence electrons. The molecule has 5 heteroatoms. The van der Waals surface area contributed by atoms with Crippen LogP contribution in [0.4, 0.5) is 0 Å². The van der Waals surface area contributed by atoms with E-state index in [9.17, 15) is 5.11 Å². The molecule has 1 unspecified atom stereocenters. The lowest BCUT2D eigenvalue weighted by molar-refractivity contribution is 0.333. The SMILES string of the molecule is COc1cc(Cl)c(O)c(CC2CCCNC2)c1OC. The van der Waals surface area contributed by atoms with E-state index in [2.05, 4.69) is 5.32 Å². The smallest absolute Gasteiger partial charge is 0.167 e. The van der Waals surface area contributed by atoms with Crippen molar-refractivity contribution in [2.24, 2.45) is 5.92 Å². The van der Waals surface area contributed by atoms with E-state index in [1.165, 1.54) is 0 Å². The Morgan fingerprint density at radius 1 is 1.42 bits per heavy atom. The molecule has 1 aromatic carbocycles. The second-order valence-corrected chi connectivity index (χ2v) is 5.24. The van der Waals surface area contributed by atoms with Crippen molar-refractivity contribution in [3.8, 4) is 17.2 Å². The van der Waals surface area contributed by atoms with Crippen LogP contribution in [0, 0.1) is 5.92 Å². The van der Waals surface area contributed by atoms with E-state index in [4.69, 9.17) is 21.1 Å². The van der Waals surface area contributed by atoms with Crippen molar-refractivity contribution in [1.29, 1.82) is 0 Å². The standard InChI is InChI=1S/C14H20ClNO3/c1-18-12-7-11(15)13(17)10(14(12)19-2)6-9-4-3-5-16-8-9/h7,9,16-17H,3-6,8H2,1-2H3. The summed E-state index contributed by atoms with van der Waals surface area (Å²) in [5.41, 5.74) is 0.737. The van der Waals surface area contributed by atoms with E-state index in [-0.39, 0.29) is 5.75 Å². The number of benzene rings is 1. The second kappa shape index (κ2) is 6.35. The first kappa shape index (κ1) is 14.3. The highest BCUT2D eigenvalue weighted by Crippen LogP contribution is 2.43. The summed E-state index contributed by atoms with van der Waals surface area (Å²) in [5.74, 6) is 1.72. The highest BCUT2D eigenvalue weighted by Gasteiger charge is 2.22. The lowest BCUT2D eigenvalue weighted by Gasteiger charge is -2.24. The fourth-order valence-electron chi connectivity index (χ4n) is 2.60. The third-order valence-electron chi connectivity index (χ3n) is 3.58. The Bertz CT molecular complexity index is 445. The van der Waals surface area contributed by atoms with E-state index in [0.717, 1.165) is 37.9 Å². The number of rotatable bonds is 4. The molecule has 0 bridgehead atoms. The van der Waals surface area contributed by atoms with E-state index in [1.807, 2.05) is 0 Å². The van der Waals surface area contributed by atoms with Gasteiger partial charge in [0.2, 0.25) is 0 Å². The van der Waals surface area contributed by atoms with Crippen LogP contribution >= 0.6 is 11.6 Å². The normalized spacial score (nSPS) is 19.2. The molecule has 0 aliphatic carbocycles. The van der Waals surface area contributed by atoms with Gasteiger partial charge in [-0.1, -0.05) is 11.6 Å². The number of ether oxygens (including phenoxy) is 2. The zero-order valence-electron chi connectivity index (χ0n) is 11.3. The minimum Gasteiger partial charge on any atom is -0.506 e. The Morgan fingerprint density at radius 3 is 2.79 bits per heavy atom. The summed E-state index contributed by atoms with van der Waals surface area (Å²) in [5, 5.41) is 13.8. The third-order valence-corrected chi connectivity index (χ3v) is 3.87. The topological polar surface area (TPSA) is 50.7 Å². The molecule has 0 radical (unpaired) electrons. The summed E-state index contributed by atoms with van der Waals surface area (Å²) in [6.45, 7) is 2.02. The van der Waals surface area contributed by atoms with E-state index >= 15 is 0 Å². The fourth-order valence-corrected chi connectivity index (χ4v) is 2.81. The van der Waals surface area contributed by atoms with Gasteiger partial charge in [0.25, 0.3) is 0 Å². The molecule has 1 aromatic rings. The van der Waals surface area contributed by atoms with Crippen LogP contribution in [0.5, 0.6) is 17.2 Å². The molecule has 1 fully saturated rings. The number of nitrogens with one attached hydrogen (secondary N) is 1. The van der Waals surface area contributed by atoms with Gasteiger partial charge < -0.3 is 19.9 Å².